The van der Waals surface area contributed by atoms with Gasteiger partial charge < -0.3 is 33.8 Å². The number of hydrogen-bond donors (Lipinski definition) is 3. The number of phosphoric ester groups is 2. The summed E-state index contributed by atoms with van der Waals surface area (Å²) in [5.74, 6) is 0.911. The van der Waals surface area contributed by atoms with Crippen molar-refractivity contribution in [3.8, 4) is 0 Å². The molecule has 94 heavy (non-hydrogen) atoms. The lowest BCUT2D eigenvalue weighted by Crippen LogP contribution is -2.30. The molecular formula is C75H146O17P2. The minimum atomic E-state index is -4.96. The number of ether oxygens (including phenoxy) is 4. The van der Waals surface area contributed by atoms with E-state index in [4.69, 9.17) is 37.0 Å². The molecule has 0 radical (unpaired) electrons. The van der Waals surface area contributed by atoms with E-state index in [1.165, 1.54) is 173 Å². The average molecular weight is 1380 g/mol. The van der Waals surface area contributed by atoms with Crippen LogP contribution >= 0.6 is 15.6 Å². The minimum Gasteiger partial charge on any atom is -0.462 e. The van der Waals surface area contributed by atoms with Gasteiger partial charge in [0.15, 0.2) is 12.2 Å². The zero-order valence-electron chi connectivity index (χ0n) is 61.6. The lowest BCUT2D eigenvalue weighted by atomic mass is 9.99. The van der Waals surface area contributed by atoms with Crippen LogP contribution in [-0.4, -0.2) is 96.7 Å². The maximum absolute atomic E-state index is 13.1. The molecule has 3 unspecified atom stereocenters. The van der Waals surface area contributed by atoms with E-state index < -0.39 is 97.5 Å². The molecule has 0 aliphatic carbocycles. The van der Waals surface area contributed by atoms with E-state index >= 15 is 0 Å². The topological polar surface area (TPSA) is 237 Å². The third-order valence-corrected chi connectivity index (χ3v) is 19.6. The molecule has 0 heterocycles. The van der Waals surface area contributed by atoms with Gasteiger partial charge in [-0.2, -0.15) is 0 Å². The smallest absolute Gasteiger partial charge is 0.462 e. The number of esters is 4. The summed E-state index contributed by atoms with van der Waals surface area (Å²) in [5, 5.41) is 10.6. The highest BCUT2D eigenvalue weighted by Crippen LogP contribution is 2.45. The van der Waals surface area contributed by atoms with Crippen molar-refractivity contribution in [2.24, 2.45) is 23.7 Å². The van der Waals surface area contributed by atoms with Crippen LogP contribution in [0.4, 0.5) is 0 Å². The van der Waals surface area contributed by atoms with Crippen molar-refractivity contribution in [3.05, 3.63) is 0 Å². The maximum atomic E-state index is 13.1. The summed E-state index contributed by atoms with van der Waals surface area (Å²) in [6.07, 6.45) is 48.7. The molecule has 0 amide bonds. The number of unbranched alkanes of at least 4 members (excludes halogenated alkanes) is 37. The highest BCUT2D eigenvalue weighted by atomic mass is 31.2. The lowest BCUT2D eigenvalue weighted by molar-refractivity contribution is -0.161. The van der Waals surface area contributed by atoms with Gasteiger partial charge in [-0.15, -0.1) is 0 Å². The lowest BCUT2D eigenvalue weighted by Gasteiger charge is -2.21. The van der Waals surface area contributed by atoms with Gasteiger partial charge in [0.1, 0.15) is 19.3 Å². The molecule has 0 saturated heterocycles. The van der Waals surface area contributed by atoms with Crippen molar-refractivity contribution in [2.75, 3.05) is 39.6 Å². The fourth-order valence-electron chi connectivity index (χ4n) is 11.3. The van der Waals surface area contributed by atoms with E-state index in [0.717, 1.165) is 114 Å². The molecule has 0 aliphatic heterocycles. The van der Waals surface area contributed by atoms with Crippen LogP contribution in [0.25, 0.3) is 0 Å². The van der Waals surface area contributed by atoms with Crippen LogP contribution in [-0.2, 0) is 65.4 Å². The Bertz CT molecular complexity index is 1850. The number of aliphatic hydroxyl groups is 1. The van der Waals surface area contributed by atoms with E-state index in [0.29, 0.717) is 31.6 Å². The predicted molar refractivity (Wildman–Crippen MR) is 381 cm³/mol. The van der Waals surface area contributed by atoms with E-state index in [-0.39, 0.29) is 25.7 Å². The van der Waals surface area contributed by atoms with Crippen molar-refractivity contribution in [1.82, 2.24) is 0 Å². The number of phosphoric acid groups is 2. The Balaban J connectivity index is 5.22. The van der Waals surface area contributed by atoms with Gasteiger partial charge in [0.25, 0.3) is 0 Å². The number of rotatable bonds is 72. The second-order valence-corrected chi connectivity index (χ2v) is 31.6. The van der Waals surface area contributed by atoms with E-state index in [9.17, 15) is 43.2 Å². The van der Waals surface area contributed by atoms with Crippen LogP contribution in [0.2, 0.25) is 0 Å². The summed E-state index contributed by atoms with van der Waals surface area (Å²) >= 11 is 0. The van der Waals surface area contributed by atoms with Crippen LogP contribution in [0.15, 0.2) is 0 Å². The number of hydrogen-bond acceptors (Lipinski definition) is 15. The second kappa shape index (κ2) is 64.4. The van der Waals surface area contributed by atoms with E-state index in [1.807, 2.05) is 0 Å². The first-order valence-electron chi connectivity index (χ1n) is 38.7. The first kappa shape index (κ1) is 92.1. The van der Waals surface area contributed by atoms with Gasteiger partial charge in [-0.1, -0.05) is 325 Å². The van der Waals surface area contributed by atoms with Crippen molar-refractivity contribution in [2.45, 2.75) is 395 Å². The minimum absolute atomic E-state index is 0.105. The molecule has 0 fully saturated rings. The van der Waals surface area contributed by atoms with Gasteiger partial charge in [0.2, 0.25) is 0 Å². The van der Waals surface area contributed by atoms with Crippen molar-refractivity contribution >= 4 is 39.5 Å². The number of aliphatic hydroxyl groups excluding tert-OH is 1. The van der Waals surface area contributed by atoms with E-state index in [2.05, 4.69) is 55.4 Å². The molecular weight excluding hydrogens is 1230 g/mol. The molecule has 0 aromatic carbocycles. The summed E-state index contributed by atoms with van der Waals surface area (Å²) in [7, 11) is -9.91. The van der Waals surface area contributed by atoms with Crippen molar-refractivity contribution in [3.63, 3.8) is 0 Å². The van der Waals surface area contributed by atoms with Gasteiger partial charge in [-0.25, -0.2) is 9.13 Å². The van der Waals surface area contributed by atoms with Crippen LogP contribution < -0.4 is 0 Å². The average Bonchev–Trinajstić information content (AvgIpc) is 1.22. The summed E-state index contributed by atoms with van der Waals surface area (Å²) in [6, 6.07) is 0. The molecule has 0 bridgehead atoms. The van der Waals surface area contributed by atoms with Crippen LogP contribution in [0.5, 0.6) is 0 Å². The zero-order chi connectivity index (χ0) is 69.6. The Hall–Kier alpha value is -1.94. The van der Waals surface area contributed by atoms with Crippen molar-refractivity contribution < 1.29 is 80.2 Å². The molecule has 0 aromatic heterocycles. The van der Waals surface area contributed by atoms with Gasteiger partial charge in [-0.05, 0) is 49.4 Å². The highest BCUT2D eigenvalue weighted by molar-refractivity contribution is 7.47. The molecule has 0 aliphatic rings. The Kier molecular flexibility index (Phi) is 63.1. The third kappa shape index (κ3) is 67.3. The van der Waals surface area contributed by atoms with Crippen LogP contribution in [0.1, 0.15) is 376 Å². The third-order valence-electron chi connectivity index (χ3n) is 17.7. The second-order valence-electron chi connectivity index (χ2n) is 28.7. The summed E-state index contributed by atoms with van der Waals surface area (Å²) in [6.45, 7) is 14.1. The fourth-order valence-corrected chi connectivity index (χ4v) is 12.9. The normalized spacial score (nSPS) is 14.4. The van der Waals surface area contributed by atoms with E-state index in [1.54, 1.807) is 0 Å². The first-order valence-corrected chi connectivity index (χ1v) is 41.7. The summed E-state index contributed by atoms with van der Waals surface area (Å²) < 4.78 is 68.4. The van der Waals surface area contributed by atoms with Crippen molar-refractivity contribution in [1.29, 1.82) is 0 Å². The SMILES string of the molecule is CCC(C)CCCCCCCCCCCCC(=O)O[C@H](COC(=O)CCCCCCCCC(C)C)COP(=O)(O)OC[C@H](O)COP(=O)(O)OC[C@@H](COC(=O)CCCCCCCCCCCC(C)C)OC(=O)CCCCCCCCCCCCCCCCCCC(C)C. The molecule has 6 atom stereocenters. The molecule has 0 aromatic rings. The largest absolute Gasteiger partial charge is 0.472 e. The van der Waals surface area contributed by atoms with Gasteiger partial charge in [-0.3, -0.25) is 37.3 Å². The first-order chi connectivity index (χ1) is 45.1. The van der Waals surface area contributed by atoms with Crippen LogP contribution in [0.3, 0.4) is 0 Å². The number of carbonyl (C=O) groups excluding carboxylic acids is 4. The molecule has 19 heteroatoms. The molecule has 3 N–H and O–H groups in total. The zero-order valence-corrected chi connectivity index (χ0v) is 63.4. The van der Waals surface area contributed by atoms with Gasteiger partial charge >= 0.3 is 39.5 Å². The Morgan fingerprint density at radius 1 is 0.298 bits per heavy atom. The number of carbonyl (C=O) groups is 4. The van der Waals surface area contributed by atoms with Gasteiger partial charge in [0.05, 0.1) is 26.4 Å². The monoisotopic (exact) mass is 1380 g/mol. The molecule has 0 saturated carbocycles. The Morgan fingerprint density at radius 2 is 0.511 bits per heavy atom. The molecule has 0 rings (SSSR count). The van der Waals surface area contributed by atoms with Crippen LogP contribution in [0, 0.1) is 23.7 Å². The molecule has 17 nitrogen and oxygen atoms in total. The maximum Gasteiger partial charge on any atom is 0.472 e. The summed E-state index contributed by atoms with van der Waals surface area (Å²) in [5.41, 5.74) is 0. The standard InChI is InChI=1S/C75H146O17P2/c1-9-68(8)54-46-38-29-23-18-19-25-32-42-50-58-75(80)92-71(62-86-73(78)56-48-40-34-33-37-45-53-67(6)7)64-90-94(83,84)88-60-69(76)59-87-93(81,82)89-63-70(61-85-72(77)55-47-39-30-26-20-22-28-36-44-52-66(4)5)91-74(79)57-49-41-31-24-17-15-13-11-10-12-14-16-21-27-35-43-51-65(2)3/h65-71,76H,9-64H2,1-8H3,(H,81,82)(H,83,84)/t68?,69-,70-,71-/m1/s1. The fraction of sp³-hybridized carbons (Fsp3) is 0.947. The molecule has 558 valence electrons. The van der Waals surface area contributed by atoms with Gasteiger partial charge in [0, 0.05) is 25.7 Å². The summed E-state index contributed by atoms with van der Waals surface area (Å²) in [4.78, 5) is 72.7. The predicted octanol–water partition coefficient (Wildman–Crippen LogP) is 21.7. The molecule has 0 spiro atoms. The highest BCUT2D eigenvalue weighted by Gasteiger charge is 2.30. The Morgan fingerprint density at radius 3 is 0.755 bits per heavy atom. The quantitative estimate of drug-likeness (QED) is 0.0222. The Labute approximate surface area is 575 Å².